The van der Waals surface area contributed by atoms with Gasteiger partial charge in [0.15, 0.2) is 0 Å². The lowest BCUT2D eigenvalue weighted by atomic mass is 9.75. The largest absolute Gasteiger partial charge is 0.383 e. The minimum absolute atomic E-state index is 0.327. The average Bonchev–Trinajstić information content (AvgIpc) is 2.28. The number of likely N-dealkylation sites (N-methyl/N-ethyl adjacent to an activating group) is 1. The summed E-state index contributed by atoms with van der Waals surface area (Å²) in [6, 6.07) is 9.78. The Morgan fingerprint density at radius 3 is 2.35 bits per heavy atom. The van der Waals surface area contributed by atoms with Crippen molar-refractivity contribution in [3.63, 3.8) is 0 Å². The minimum Gasteiger partial charge on any atom is -0.383 e. The van der Waals surface area contributed by atoms with Crippen molar-refractivity contribution in [3.05, 3.63) is 29.8 Å². The highest BCUT2D eigenvalue weighted by atomic mass is 15.2. The van der Waals surface area contributed by atoms with E-state index in [9.17, 15) is 0 Å². The third kappa shape index (κ3) is 2.42. The Kier molecular flexibility index (Phi) is 3.35. The van der Waals surface area contributed by atoms with Gasteiger partial charge in [-0.25, -0.2) is 0 Å². The number of nitrogens with zero attached hydrogens (tertiary/aromatic N) is 2. The Morgan fingerprint density at radius 2 is 1.94 bits per heavy atom. The fourth-order valence-corrected chi connectivity index (χ4v) is 2.30. The van der Waals surface area contributed by atoms with Crippen LogP contribution in [0.1, 0.15) is 24.8 Å². The van der Waals surface area contributed by atoms with Gasteiger partial charge < -0.3 is 10.2 Å². The van der Waals surface area contributed by atoms with E-state index in [1.165, 1.54) is 19.3 Å². The number of hydrogen-bond donors (Lipinski definition) is 1. The third-order valence-electron chi connectivity index (χ3n) is 3.87. The lowest BCUT2D eigenvalue weighted by Crippen LogP contribution is -2.54. The van der Waals surface area contributed by atoms with E-state index in [0.717, 1.165) is 12.2 Å². The Labute approximate surface area is 103 Å². The van der Waals surface area contributed by atoms with Gasteiger partial charge in [0.1, 0.15) is 0 Å². The molecule has 2 rings (SSSR count). The second kappa shape index (κ2) is 4.77. The molecule has 3 nitrogen and oxygen atoms in total. The number of hydrogen-bond acceptors (Lipinski definition) is 3. The Hall–Kier alpha value is -1.53. The summed E-state index contributed by atoms with van der Waals surface area (Å²) in [6.45, 7) is 0.978. The summed E-state index contributed by atoms with van der Waals surface area (Å²) in [5.74, 6) is 0. The number of rotatable bonds is 4. The van der Waals surface area contributed by atoms with Gasteiger partial charge in [-0.15, -0.1) is 0 Å². The highest BCUT2D eigenvalue weighted by Crippen LogP contribution is 2.36. The minimum atomic E-state index is 0.327. The summed E-state index contributed by atoms with van der Waals surface area (Å²) in [7, 11) is 4.30. The molecule has 0 bridgehead atoms. The van der Waals surface area contributed by atoms with Gasteiger partial charge >= 0.3 is 0 Å². The molecule has 0 aliphatic heterocycles. The van der Waals surface area contributed by atoms with Gasteiger partial charge in [0.05, 0.1) is 11.6 Å². The molecule has 0 spiro atoms. The van der Waals surface area contributed by atoms with Gasteiger partial charge in [-0.2, -0.15) is 5.26 Å². The van der Waals surface area contributed by atoms with E-state index in [1.807, 2.05) is 24.3 Å². The second-order valence-corrected chi connectivity index (χ2v) is 5.02. The van der Waals surface area contributed by atoms with Crippen molar-refractivity contribution in [2.75, 3.05) is 26.0 Å². The molecule has 1 aliphatic rings. The number of anilines is 1. The summed E-state index contributed by atoms with van der Waals surface area (Å²) < 4.78 is 0. The number of nitriles is 1. The number of benzene rings is 1. The van der Waals surface area contributed by atoms with E-state index in [2.05, 4.69) is 30.4 Å². The van der Waals surface area contributed by atoms with Crippen LogP contribution in [-0.4, -0.2) is 31.1 Å². The lowest BCUT2D eigenvalue weighted by Gasteiger charge is -2.47. The van der Waals surface area contributed by atoms with Crippen LogP contribution in [0.2, 0.25) is 0 Å². The maximum atomic E-state index is 8.73. The van der Waals surface area contributed by atoms with Crippen LogP contribution in [0.15, 0.2) is 24.3 Å². The first-order chi connectivity index (χ1) is 8.16. The maximum Gasteiger partial charge on any atom is 0.0991 e. The monoisotopic (exact) mass is 229 g/mol. The van der Waals surface area contributed by atoms with Gasteiger partial charge in [0.2, 0.25) is 0 Å². The van der Waals surface area contributed by atoms with Crippen molar-refractivity contribution < 1.29 is 0 Å². The van der Waals surface area contributed by atoms with Gasteiger partial charge in [0.25, 0.3) is 0 Å². The van der Waals surface area contributed by atoms with Crippen molar-refractivity contribution in [2.24, 2.45) is 0 Å². The quantitative estimate of drug-likeness (QED) is 0.862. The van der Waals surface area contributed by atoms with Crippen LogP contribution < -0.4 is 5.32 Å². The first-order valence-corrected chi connectivity index (χ1v) is 6.08. The topological polar surface area (TPSA) is 39.1 Å². The molecule has 0 radical (unpaired) electrons. The zero-order chi connectivity index (χ0) is 12.3. The van der Waals surface area contributed by atoms with Crippen molar-refractivity contribution in [1.82, 2.24) is 4.90 Å². The summed E-state index contributed by atoms with van der Waals surface area (Å²) in [6.07, 6.45) is 3.86. The van der Waals surface area contributed by atoms with Crippen molar-refractivity contribution in [3.8, 4) is 6.07 Å². The number of nitrogens with one attached hydrogen (secondary N) is 1. The van der Waals surface area contributed by atoms with Crippen LogP contribution in [0.3, 0.4) is 0 Å². The van der Waals surface area contributed by atoms with E-state index in [-0.39, 0.29) is 0 Å². The van der Waals surface area contributed by atoms with Gasteiger partial charge in [0, 0.05) is 17.8 Å². The SMILES string of the molecule is CN(C)C1(CNc2ccc(C#N)cc2)CCC1. The van der Waals surface area contributed by atoms with Gasteiger partial charge in [-0.3, -0.25) is 0 Å². The normalized spacial score (nSPS) is 17.3. The van der Waals surface area contributed by atoms with E-state index in [0.29, 0.717) is 11.1 Å². The fourth-order valence-electron chi connectivity index (χ4n) is 2.30. The molecule has 0 heterocycles. The third-order valence-corrected chi connectivity index (χ3v) is 3.87. The highest BCUT2D eigenvalue weighted by Gasteiger charge is 2.38. The van der Waals surface area contributed by atoms with Crippen LogP contribution in [0, 0.1) is 11.3 Å². The van der Waals surface area contributed by atoms with Crippen LogP contribution in [0.5, 0.6) is 0 Å². The molecule has 17 heavy (non-hydrogen) atoms. The average molecular weight is 229 g/mol. The zero-order valence-corrected chi connectivity index (χ0v) is 10.5. The molecule has 0 unspecified atom stereocenters. The summed E-state index contributed by atoms with van der Waals surface area (Å²) in [5.41, 5.74) is 2.13. The molecule has 3 heteroatoms. The summed E-state index contributed by atoms with van der Waals surface area (Å²) in [5, 5.41) is 12.2. The van der Waals surface area contributed by atoms with Crippen molar-refractivity contribution >= 4 is 5.69 Å². The van der Waals surface area contributed by atoms with Gasteiger partial charge in [-0.1, -0.05) is 0 Å². The standard InChI is InChI=1S/C14H19N3/c1-17(2)14(8-3-9-14)11-16-13-6-4-12(10-15)5-7-13/h4-7,16H,3,8-9,11H2,1-2H3. The molecule has 0 amide bonds. The molecule has 90 valence electrons. The molecular formula is C14H19N3. The van der Waals surface area contributed by atoms with E-state index in [1.54, 1.807) is 0 Å². The molecule has 1 aromatic carbocycles. The Morgan fingerprint density at radius 1 is 1.29 bits per heavy atom. The van der Waals surface area contributed by atoms with E-state index >= 15 is 0 Å². The smallest absolute Gasteiger partial charge is 0.0991 e. The molecular weight excluding hydrogens is 210 g/mol. The molecule has 1 aromatic rings. The predicted molar refractivity (Wildman–Crippen MR) is 69.9 cm³/mol. The van der Waals surface area contributed by atoms with Crippen LogP contribution >= 0.6 is 0 Å². The second-order valence-electron chi connectivity index (χ2n) is 5.02. The first kappa shape index (κ1) is 11.9. The van der Waals surface area contributed by atoms with E-state index < -0.39 is 0 Å². The van der Waals surface area contributed by atoms with Crippen molar-refractivity contribution in [2.45, 2.75) is 24.8 Å². The first-order valence-electron chi connectivity index (χ1n) is 6.08. The van der Waals surface area contributed by atoms with Crippen molar-refractivity contribution in [1.29, 1.82) is 5.26 Å². The van der Waals surface area contributed by atoms with Crippen LogP contribution in [0.4, 0.5) is 5.69 Å². The molecule has 1 N–H and O–H groups in total. The summed E-state index contributed by atoms with van der Waals surface area (Å²) >= 11 is 0. The van der Waals surface area contributed by atoms with Crippen LogP contribution in [0.25, 0.3) is 0 Å². The molecule has 1 aliphatic carbocycles. The molecule has 1 fully saturated rings. The highest BCUT2D eigenvalue weighted by molar-refractivity contribution is 5.47. The van der Waals surface area contributed by atoms with E-state index in [4.69, 9.17) is 5.26 Å². The molecule has 1 saturated carbocycles. The zero-order valence-electron chi connectivity index (χ0n) is 10.5. The Balaban J connectivity index is 1.95. The lowest BCUT2D eigenvalue weighted by molar-refractivity contribution is 0.0739. The molecule has 0 atom stereocenters. The van der Waals surface area contributed by atoms with Gasteiger partial charge in [-0.05, 0) is 57.6 Å². The van der Waals surface area contributed by atoms with Crippen LogP contribution in [-0.2, 0) is 0 Å². The maximum absolute atomic E-state index is 8.73. The predicted octanol–water partition coefficient (Wildman–Crippen LogP) is 2.45. The Bertz CT molecular complexity index is 410. The molecule has 0 aromatic heterocycles. The fraction of sp³-hybridized carbons (Fsp3) is 0.500. The molecule has 0 saturated heterocycles. The summed E-state index contributed by atoms with van der Waals surface area (Å²) in [4.78, 5) is 2.33.